The van der Waals surface area contributed by atoms with Crippen LogP contribution >= 0.6 is 0 Å². The summed E-state index contributed by atoms with van der Waals surface area (Å²) in [4.78, 5) is 4.93. The van der Waals surface area contributed by atoms with Crippen molar-refractivity contribution in [3.8, 4) is 22.3 Å². The molecule has 9 rings (SSSR count). The Morgan fingerprint density at radius 2 is 0.483 bits per heavy atom. The van der Waals surface area contributed by atoms with Gasteiger partial charge in [-0.05, 0) is 92.7 Å². The normalized spacial score (nSPS) is 11.8. The van der Waals surface area contributed by atoms with Crippen molar-refractivity contribution < 1.29 is 0 Å². The molecule has 0 amide bonds. The number of anilines is 6. The first-order chi connectivity index (χ1) is 29.0. The van der Waals surface area contributed by atoms with Crippen LogP contribution < -0.4 is 9.80 Å². The van der Waals surface area contributed by atoms with Crippen molar-refractivity contribution in [2.45, 2.75) is 52.4 Å². The van der Waals surface area contributed by atoms with Gasteiger partial charge in [0.25, 0.3) is 0 Å². The monoisotopic (exact) mass is 776 g/mol. The first-order valence-electron chi connectivity index (χ1n) is 21.1. The maximum Gasteiger partial charge on any atom is 0.0619 e. The van der Waals surface area contributed by atoms with Gasteiger partial charge in [0, 0.05) is 44.3 Å². The Bertz CT molecular complexity index is 2620. The summed E-state index contributed by atoms with van der Waals surface area (Å²) in [5, 5.41) is 4.71. The van der Waals surface area contributed by atoms with E-state index in [1.165, 1.54) is 54.9 Å². The van der Waals surface area contributed by atoms with E-state index in [1.54, 1.807) is 0 Å². The van der Waals surface area contributed by atoms with Crippen LogP contribution in [0.4, 0.5) is 34.1 Å². The summed E-state index contributed by atoms with van der Waals surface area (Å²) < 4.78 is 0. The van der Waals surface area contributed by atoms with E-state index in [1.807, 2.05) is 0 Å². The molecule has 60 heavy (non-hydrogen) atoms. The molecule has 0 fully saturated rings. The summed E-state index contributed by atoms with van der Waals surface area (Å²) in [6.07, 6.45) is 0. The number of benzene rings is 9. The first-order valence-corrected chi connectivity index (χ1v) is 21.1. The van der Waals surface area contributed by atoms with Crippen molar-refractivity contribution in [2.24, 2.45) is 0 Å². The molecule has 0 saturated heterocycles. The molecule has 2 heteroatoms. The molecule has 0 aromatic heterocycles. The molecule has 0 aliphatic rings. The maximum absolute atomic E-state index is 2.47. The quantitative estimate of drug-likeness (QED) is 0.112. The lowest BCUT2D eigenvalue weighted by Crippen LogP contribution is -2.16. The zero-order valence-electron chi connectivity index (χ0n) is 35.5. The first kappa shape index (κ1) is 38.6. The van der Waals surface area contributed by atoms with Gasteiger partial charge < -0.3 is 9.80 Å². The van der Waals surface area contributed by atoms with Gasteiger partial charge in [-0.2, -0.15) is 0 Å². The summed E-state index contributed by atoms with van der Waals surface area (Å²) in [5.74, 6) is 0. The SMILES string of the molecule is CC(C)(C)c1ccc(N(c2ccc(-c3ccccc3)cc2)c2c3ccccc3c(N(c3ccc(-c4ccccc4)cc3)c3ccc(C(C)(C)C)cc3)c3ccccc23)cc1. The van der Waals surface area contributed by atoms with E-state index in [2.05, 4.69) is 258 Å². The Morgan fingerprint density at radius 3 is 0.750 bits per heavy atom. The fraction of sp³-hybridized carbons (Fsp3) is 0.138. The van der Waals surface area contributed by atoms with E-state index >= 15 is 0 Å². The van der Waals surface area contributed by atoms with Crippen LogP contribution in [0.3, 0.4) is 0 Å². The molecule has 294 valence electrons. The minimum Gasteiger partial charge on any atom is -0.309 e. The standard InChI is InChI=1S/C58H52N2/c1-57(2,3)45-29-37-49(38-30-45)59(47-33-25-43(26-34-47)41-17-9-7-10-18-41)55-51-21-13-15-23-53(51)56(54-24-16-14-22-52(54)55)60(50-39-31-46(32-40-50)58(4,5)6)48-35-27-44(28-36-48)42-19-11-8-12-20-42/h7-40H,1-6H3. The van der Waals surface area contributed by atoms with Crippen molar-refractivity contribution in [1.82, 2.24) is 0 Å². The second-order valence-corrected chi connectivity index (χ2v) is 17.9. The van der Waals surface area contributed by atoms with Crippen molar-refractivity contribution >= 4 is 55.7 Å². The van der Waals surface area contributed by atoms with E-state index in [9.17, 15) is 0 Å². The number of rotatable bonds is 8. The van der Waals surface area contributed by atoms with Gasteiger partial charge in [-0.15, -0.1) is 0 Å². The molecule has 2 nitrogen and oxygen atoms in total. The minimum atomic E-state index is 0.0373. The molecule has 0 N–H and O–H groups in total. The summed E-state index contributed by atoms with van der Waals surface area (Å²) in [7, 11) is 0. The Labute approximate surface area is 356 Å². The van der Waals surface area contributed by atoms with Crippen molar-refractivity contribution in [3.05, 3.63) is 217 Å². The molecule has 9 aromatic carbocycles. The van der Waals surface area contributed by atoms with Crippen molar-refractivity contribution in [1.29, 1.82) is 0 Å². The third-order valence-electron chi connectivity index (χ3n) is 11.8. The van der Waals surface area contributed by atoms with Gasteiger partial charge in [0.05, 0.1) is 11.4 Å². The van der Waals surface area contributed by atoms with Crippen LogP contribution in [-0.4, -0.2) is 0 Å². The van der Waals surface area contributed by atoms with Crippen LogP contribution in [0.1, 0.15) is 52.7 Å². The fourth-order valence-electron chi connectivity index (χ4n) is 8.47. The average Bonchev–Trinajstić information content (AvgIpc) is 3.28. The Morgan fingerprint density at radius 1 is 0.250 bits per heavy atom. The van der Waals surface area contributed by atoms with Crippen LogP contribution in [0.25, 0.3) is 43.8 Å². The smallest absolute Gasteiger partial charge is 0.0619 e. The van der Waals surface area contributed by atoms with Crippen LogP contribution in [0.2, 0.25) is 0 Å². The second-order valence-electron chi connectivity index (χ2n) is 17.9. The molecular formula is C58H52N2. The highest BCUT2D eigenvalue weighted by Gasteiger charge is 2.26. The average molecular weight is 777 g/mol. The molecule has 0 spiro atoms. The van der Waals surface area contributed by atoms with Crippen LogP contribution in [0, 0.1) is 0 Å². The van der Waals surface area contributed by atoms with Crippen LogP contribution in [-0.2, 0) is 10.8 Å². The summed E-state index contributed by atoms with van der Waals surface area (Å²) >= 11 is 0. The third-order valence-corrected chi connectivity index (χ3v) is 11.8. The number of hydrogen-bond acceptors (Lipinski definition) is 2. The largest absolute Gasteiger partial charge is 0.309 e. The van der Waals surface area contributed by atoms with Gasteiger partial charge in [0.15, 0.2) is 0 Å². The molecule has 0 saturated carbocycles. The lowest BCUT2D eigenvalue weighted by atomic mass is 9.87. The van der Waals surface area contributed by atoms with E-state index < -0.39 is 0 Å². The topological polar surface area (TPSA) is 6.48 Å². The van der Waals surface area contributed by atoms with Crippen LogP contribution in [0.5, 0.6) is 0 Å². The zero-order valence-corrected chi connectivity index (χ0v) is 35.5. The molecule has 0 atom stereocenters. The molecule has 0 heterocycles. The lowest BCUT2D eigenvalue weighted by Gasteiger charge is -2.33. The Balaban J connectivity index is 1.30. The van der Waals surface area contributed by atoms with E-state index in [-0.39, 0.29) is 10.8 Å². The molecule has 0 bridgehead atoms. The Kier molecular flexibility index (Phi) is 10.1. The summed E-state index contributed by atoms with van der Waals surface area (Å²) in [6, 6.07) is 75.6. The fourth-order valence-corrected chi connectivity index (χ4v) is 8.47. The predicted molar refractivity (Wildman–Crippen MR) is 259 cm³/mol. The lowest BCUT2D eigenvalue weighted by molar-refractivity contribution is 0.590. The third kappa shape index (κ3) is 7.46. The van der Waals surface area contributed by atoms with Crippen molar-refractivity contribution in [2.75, 3.05) is 9.80 Å². The maximum atomic E-state index is 2.47. The Hall–Kier alpha value is -6.90. The number of nitrogens with zero attached hydrogens (tertiary/aromatic N) is 2. The molecule has 9 aromatic rings. The van der Waals surface area contributed by atoms with E-state index in [0.717, 1.165) is 34.1 Å². The van der Waals surface area contributed by atoms with Crippen LogP contribution in [0.15, 0.2) is 206 Å². The van der Waals surface area contributed by atoms with Gasteiger partial charge in [0.2, 0.25) is 0 Å². The highest BCUT2D eigenvalue weighted by atomic mass is 15.2. The molecule has 0 unspecified atom stereocenters. The summed E-state index contributed by atoms with van der Waals surface area (Å²) in [6.45, 7) is 13.7. The zero-order chi connectivity index (χ0) is 41.4. The van der Waals surface area contributed by atoms with Gasteiger partial charge in [0.1, 0.15) is 0 Å². The molecule has 0 aliphatic carbocycles. The van der Waals surface area contributed by atoms with E-state index in [4.69, 9.17) is 0 Å². The second kappa shape index (κ2) is 15.7. The highest BCUT2D eigenvalue weighted by Crippen LogP contribution is 2.51. The van der Waals surface area contributed by atoms with Crippen molar-refractivity contribution in [3.63, 3.8) is 0 Å². The number of hydrogen-bond donors (Lipinski definition) is 0. The van der Waals surface area contributed by atoms with Gasteiger partial charge in [-0.25, -0.2) is 0 Å². The van der Waals surface area contributed by atoms with E-state index in [0.29, 0.717) is 0 Å². The predicted octanol–water partition coefficient (Wildman–Crippen LogP) is 16.9. The minimum absolute atomic E-state index is 0.0373. The van der Waals surface area contributed by atoms with Gasteiger partial charge in [-0.3, -0.25) is 0 Å². The number of fused-ring (bicyclic) bond motifs is 2. The molecule has 0 radical (unpaired) electrons. The summed E-state index contributed by atoms with van der Waals surface area (Å²) in [5.41, 5.74) is 14.2. The van der Waals surface area contributed by atoms with Gasteiger partial charge in [-0.1, -0.05) is 199 Å². The molecular weight excluding hydrogens is 725 g/mol. The van der Waals surface area contributed by atoms with Gasteiger partial charge >= 0.3 is 0 Å². The molecule has 0 aliphatic heterocycles. The highest BCUT2D eigenvalue weighted by molar-refractivity contribution is 6.23.